The van der Waals surface area contributed by atoms with Gasteiger partial charge in [0, 0.05) is 5.02 Å². The summed E-state index contributed by atoms with van der Waals surface area (Å²) < 4.78 is 0. The van der Waals surface area contributed by atoms with Gasteiger partial charge in [-0.2, -0.15) is 0 Å². The molecule has 90 valence electrons. The summed E-state index contributed by atoms with van der Waals surface area (Å²) in [5, 5.41) is 10.8. The molecule has 0 saturated heterocycles. The Bertz CT molecular complexity index is 352. The van der Waals surface area contributed by atoms with E-state index in [0.29, 0.717) is 0 Å². The Labute approximate surface area is 103 Å². The van der Waals surface area contributed by atoms with E-state index < -0.39 is 6.10 Å². The number of aliphatic hydroxyl groups is 1. The van der Waals surface area contributed by atoms with Crippen molar-refractivity contribution in [2.45, 2.75) is 46.6 Å². The zero-order chi connectivity index (χ0) is 12.3. The molecule has 0 aromatic heterocycles. The second kappa shape index (κ2) is 5.20. The molecule has 0 aliphatic carbocycles. The number of rotatable bonds is 3. The van der Waals surface area contributed by atoms with E-state index >= 15 is 0 Å². The average Bonchev–Trinajstić information content (AvgIpc) is 2.17. The van der Waals surface area contributed by atoms with Crippen molar-refractivity contribution in [1.82, 2.24) is 0 Å². The fraction of sp³-hybridized carbons (Fsp3) is 0.571. The number of hydrogen-bond acceptors (Lipinski definition) is 1. The van der Waals surface area contributed by atoms with Gasteiger partial charge in [-0.15, -0.1) is 0 Å². The van der Waals surface area contributed by atoms with Crippen molar-refractivity contribution >= 4 is 11.6 Å². The molecule has 0 radical (unpaired) electrons. The predicted octanol–water partition coefficient (Wildman–Crippen LogP) is 4.51. The maximum absolute atomic E-state index is 10.0. The van der Waals surface area contributed by atoms with Crippen molar-refractivity contribution in [3.05, 3.63) is 34.3 Å². The highest BCUT2D eigenvalue weighted by molar-refractivity contribution is 6.31. The molecule has 0 aliphatic heterocycles. The van der Waals surface area contributed by atoms with Crippen LogP contribution in [0.3, 0.4) is 0 Å². The van der Waals surface area contributed by atoms with Crippen LogP contribution in [0, 0.1) is 12.3 Å². The van der Waals surface area contributed by atoms with Crippen LogP contribution in [0.5, 0.6) is 0 Å². The maximum Gasteiger partial charge on any atom is 0.0790 e. The third-order valence-electron chi connectivity index (χ3n) is 2.75. The van der Waals surface area contributed by atoms with Crippen LogP contribution < -0.4 is 0 Å². The van der Waals surface area contributed by atoms with Crippen LogP contribution in [-0.4, -0.2) is 5.11 Å². The number of hydrogen-bond donors (Lipinski definition) is 1. The minimum absolute atomic E-state index is 0.259. The standard InChI is InChI=1S/C14H21ClO/c1-10-5-6-11(9-12(10)15)13(16)7-8-14(2,3)4/h5-6,9,13,16H,7-8H2,1-4H3. The van der Waals surface area contributed by atoms with E-state index in [0.717, 1.165) is 29.0 Å². The molecule has 2 heteroatoms. The normalized spacial score (nSPS) is 13.9. The first-order valence-corrected chi connectivity index (χ1v) is 6.11. The number of aliphatic hydroxyl groups excluding tert-OH is 1. The lowest BCUT2D eigenvalue weighted by atomic mass is 9.88. The topological polar surface area (TPSA) is 20.2 Å². The molecule has 0 saturated carbocycles. The molecular weight excluding hydrogens is 220 g/mol. The SMILES string of the molecule is Cc1ccc(C(O)CCC(C)(C)C)cc1Cl. The highest BCUT2D eigenvalue weighted by atomic mass is 35.5. The Morgan fingerprint density at radius 3 is 2.44 bits per heavy atom. The fourth-order valence-corrected chi connectivity index (χ4v) is 1.74. The molecule has 1 aromatic carbocycles. The predicted molar refractivity (Wildman–Crippen MR) is 69.8 cm³/mol. The van der Waals surface area contributed by atoms with Gasteiger partial charge in [0.05, 0.1) is 6.10 Å². The first-order valence-electron chi connectivity index (χ1n) is 5.74. The Hall–Kier alpha value is -0.530. The smallest absolute Gasteiger partial charge is 0.0790 e. The Morgan fingerprint density at radius 1 is 1.31 bits per heavy atom. The number of halogens is 1. The van der Waals surface area contributed by atoms with E-state index in [2.05, 4.69) is 20.8 Å². The summed E-state index contributed by atoms with van der Waals surface area (Å²) >= 11 is 6.04. The summed E-state index contributed by atoms with van der Waals surface area (Å²) in [4.78, 5) is 0. The van der Waals surface area contributed by atoms with Gasteiger partial charge >= 0.3 is 0 Å². The van der Waals surface area contributed by atoms with Gasteiger partial charge in [-0.05, 0) is 42.4 Å². The lowest BCUT2D eigenvalue weighted by Crippen LogP contribution is -2.08. The number of benzene rings is 1. The lowest BCUT2D eigenvalue weighted by molar-refractivity contribution is 0.147. The number of aryl methyl sites for hydroxylation is 1. The van der Waals surface area contributed by atoms with E-state index in [-0.39, 0.29) is 5.41 Å². The summed E-state index contributed by atoms with van der Waals surface area (Å²) in [6.45, 7) is 8.51. The zero-order valence-corrected chi connectivity index (χ0v) is 11.3. The summed E-state index contributed by atoms with van der Waals surface area (Å²) in [5.41, 5.74) is 2.23. The largest absolute Gasteiger partial charge is 0.388 e. The quantitative estimate of drug-likeness (QED) is 0.824. The zero-order valence-electron chi connectivity index (χ0n) is 10.5. The van der Waals surface area contributed by atoms with E-state index in [4.69, 9.17) is 11.6 Å². The van der Waals surface area contributed by atoms with Crippen LogP contribution in [0.1, 0.15) is 50.8 Å². The van der Waals surface area contributed by atoms with Gasteiger partial charge < -0.3 is 5.11 Å². The first-order chi connectivity index (χ1) is 7.29. The van der Waals surface area contributed by atoms with Crippen LogP contribution in [0.4, 0.5) is 0 Å². The molecule has 1 unspecified atom stereocenters. The van der Waals surface area contributed by atoms with Gasteiger partial charge in [0.15, 0.2) is 0 Å². The van der Waals surface area contributed by atoms with Crippen LogP contribution in [-0.2, 0) is 0 Å². The summed E-state index contributed by atoms with van der Waals surface area (Å²) in [5.74, 6) is 0. The molecule has 1 nitrogen and oxygen atoms in total. The van der Waals surface area contributed by atoms with Crippen molar-refractivity contribution in [2.24, 2.45) is 5.41 Å². The van der Waals surface area contributed by atoms with Crippen molar-refractivity contribution in [1.29, 1.82) is 0 Å². The molecule has 0 fully saturated rings. The molecular formula is C14H21ClO. The monoisotopic (exact) mass is 240 g/mol. The molecule has 1 aromatic rings. The Morgan fingerprint density at radius 2 is 1.94 bits per heavy atom. The van der Waals surface area contributed by atoms with E-state index in [9.17, 15) is 5.11 Å². The molecule has 1 atom stereocenters. The highest BCUT2D eigenvalue weighted by Gasteiger charge is 2.15. The second-order valence-electron chi connectivity index (χ2n) is 5.62. The molecule has 1 rings (SSSR count). The van der Waals surface area contributed by atoms with Gasteiger partial charge in [-0.1, -0.05) is 44.5 Å². The molecule has 0 amide bonds. The van der Waals surface area contributed by atoms with E-state index in [1.165, 1.54) is 0 Å². The fourth-order valence-electron chi connectivity index (χ4n) is 1.55. The van der Waals surface area contributed by atoms with Crippen molar-refractivity contribution in [3.8, 4) is 0 Å². The van der Waals surface area contributed by atoms with Crippen LogP contribution in [0.2, 0.25) is 5.02 Å². The van der Waals surface area contributed by atoms with Gasteiger partial charge in [-0.3, -0.25) is 0 Å². The minimum Gasteiger partial charge on any atom is -0.388 e. The van der Waals surface area contributed by atoms with Gasteiger partial charge in [-0.25, -0.2) is 0 Å². The van der Waals surface area contributed by atoms with Gasteiger partial charge in [0.1, 0.15) is 0 Å². The summed E-state index contributed by atoms with van der Waals surface area (Å²) in [6, 6.07) is 5.77. The van der Waals surface area contributed by atoms with Crippen molar-refractivity contribution < 1.29 is 5.11 Å². The summed E-state index contributed by atoms with van der Waals surface area (Å²) in [6.07, 6.45) is 1.38. The van der Waals surface area contributed by atoms with Gasteiger partial charge in [0.2, 0.25) is 0 Å². The van der Waals surface area contributed by atoms with Crippen molar-refractivity contribution in [2.75, 3.05) is 0 Å². The van der Waals surface area contributed by atoms with Crippen LogP contribution >= 0.6 is 11.6 Å². The minimum atomic E-state index is -0.405. The summed E-state index contributed by atoms with van der Waals surface area (Å²) in [7, 11) is 0. The second-order valence-corrected chi connectivity index (χ2v) is 6.03. The van der Waals surface area contributed by atoms with Crippen LogP contribution in [0.15, 0.2) is 18.2 Å². The maximum atomic E-state index is 10.0. The third kappa shape index (κ3) is 4.15. The van der Waals surface area contributed by atoms with E-state index in [1.54, 1.807) is 0 Å². The average molecular weight is 241 g/mol. The Balaban J connectivity index is 2.66. The first kappa shape index (κ1) is 13.5. The van der Waals surface area contributed by atoms with Gasteiger partial charge in [0.25, 0.3) is 0 Å². The Kier molecular flexibility index (Phi) is 4.40. The lowest BCUT2D eigenvalue weighted by Gasteiger charge is -2.20. The molecule has 16 heavy (non-hydrogen) atoms. The van der Waals surface area contributed by atoms with E-state index in [1.807, 2.05) is 25.1 Å². The third-order valence-corrected chi connectivity index (χ3v) is 3.16. The molecule has 0 heterocycles. The molecule has 0 aliphatic rings. The molecule has 0 bridgehead atoms. The highest BCUT2D eigenvalue weighted by Crippen LogP contribution is 2.29. The van der Waals surface area contributed by atoms with Crippen molar-refractivity contribution in [3.63, 3.8) is 0 Å². The van der Waals surface area contributed by atoms with Crippen LogP contribution in [0.25, 0.3) is 0 Å². The molecule has 1 N–H and O–H groups in total. The molecule has 0 spiro atoms.